The van der Waals surface area contributed by atoms with Crippen LogP contribution in [0.15, 0.2) is 35.5 Å². The van der Waals surface area contributed by atoms with Crippen molar-refractivity contribution in [1.29, 1.82) is 0 Å². The van der Waals surface area contributed by atoms with Crippen LogP contribution in [0.1, 0.15) is 26.7 Å². The third kappa shape index (κ3) is 4.40. The van der Waals surface area contributed by atoms with Gasteiger partial charge in [0.25, 0.3) is 0 Å². The number of ketones is 1. The zero-order valence-electron chi connectivity index (χ0n) is 12.4. The second-order valence-corrected chi connectivity index (χ2v) is 5.45. The van der Waals surface area contributed by atoms with Gasteiger partial charge in [-0.3, -0.25) is 4.79 Å². The summed E-state index contributed by atoms with van der Waals surface area (Å²) in [7, 11) is 1.57. The molecule has 2 N–H and O–H groups in total. The predicted molar refractivity (Wildman–Crippen MR) is 78.3 cm³/mol. The molecule has 0 amide bonds. The maximum atomic E-state index is 12.4. The molecule has 0 spiro atoms. The molecule has 0 aromatic heterocycles. The Morgan fingerprint density at radius 3 is 2.65 bits per heavy atom. The van der Waals surface area contributed by atoms with E-state index in [0.29, 0.717) is 12.0 Å². The van der Waals surface area contributed by atoms with E-state index in [2.05, 4.69) is 6.58 Å². The van der Waals surface area contributed by atoms with Gasteiger partial charge in [-0.1, -0.05) is 17.2 Å². The molecule has 0 aromatic carbocycles. The van der Waals surface area contributed by atoms with E-state index in [-0.39, 0.29) is 24.9 Å². The first kappa shape index (κ1) is 16.8. The Bertz CT molecular complexity index is 434. The summed E-state index contributed by atoms with van der Waals surface area (Å²) < 4.78 is 5.33. The lowest BCUT2D eigenvalue weighted by Crippen LogP contribution is -2.30. The van der Waals surface area contributed by atoms with E-state index in [1.807, 2.05) is 19.9 Å². The lowest BCUT2D eigenvalue weighted by Gasteiger charge is -2.21. The van der Waals surface area contributed by atoms with Gasteiger partial charge in [-0.25, -0.2) is 0 Å². The minimum Gasteiger partial charge on any atom is -0.392 e. The summed E-state index contributed by atoms with van der Waals surface area (Å²) in [5, 5.41) is 19.6. The summed E-state index contributed by atoms with van der Waals surface area (Å²) in [6.45, 7) is 7.28. The molecule has 4 nitrogen and oxygen atoms in total. The molecule has 0 radical (unpaired) electrons. The number of aliphatic hydroxyl groups is 2. The Morgan fingerprint density at radius 2 is 2.15 bits per heavy atom. The fraction of sp³-hybridized carbons (Fsp3) is 0.562. The second-order valence-electron chi connectivity index (χ2n) is 5.45. The third-order valence-electron chi connectivity index (χ3n) is 3.47. The van der Waals surface area contributed by atoms with Crippen LogP contribution in [-0.2, 0) is 9.53 Å². The van der Waals surface area contributed by atoms with Gasteiger partial charge < -0.3 is 14.9 Å². The molecule has 112 valence electrons. The number of Topliss-reactive ketones (excluding diaryl/α,β-unsaturated/α-hetero) is 1. The van der Waals surface area contributed by atoms with E-state index < -0.39 is 12.0 Å². The van der Waals surface area contributed by atoms with Crippen LogP contribution in [0.4, 0.5) is 0 Å². The fourth-order valence-electron chi connectivity index (χ4n) is 2.42. The van der Waals surface area contributed by atoms with Crippen molar-refractivity contribution in [3.8, 4) is 0 Å². The SMILES string of the molecule is C=C(C)C[C@H]1C(=O)[C@@H](O)CC(C)=C[C@@H](OC)C=C1CO. The van der Waals surface area contributed by atoms with Crippen LogP contribution in [0.3, 0.4) is 0 Å². The number of hydrogen-bond donors (Lipinski definition) is 2. The number of carbonyl (C=O) groups is 1. The Hall–Kier alpha value is -1.23. The van der Waals surface area contributed by atoms with Crippen molar-refractivity contribution in [2.24, 2.45) is 5.92 Å². The summed E-state index contributed by atoms with van der Waals surface area (Å²) in [6.07, 6.45) is 2.97. The number of rotatable bonds is 4. The maximum Gasteiger partial charge on any atom is 0.169 e. The summed E-state index contributed by atoms with van der Waals surface area (Å²) in [5.74, 6) is -0.803. The van der Waals surface area contributed by atoms with E-state index in [9.17, 15) is 15.0 Å². The molecule has 0 bridgehead atoms. The molecule has 1 rings (SSSR count). The number of methoxy groups -OCH3 is 1. The van der Waals surface area contributed by atoms with Crippen molar-refractivity contribution < 1.29 is 19.7 Å². The highest BCUT2D eigenvalue weighted by atomic mass is 16.5. The molecule has 0 aromatic rings. The van der Waals surface area contributed by atoms with Gasteiger partial charge in [-0.2, -0.15) is 0 Å². The van der Waals surface area contributed by atoms with Crippen LogP contribution in [0, 0.1) is 5.92 Å². The third-order valence-corrected chi connectivity index (χ3v) is 3.47. The first-order valence-corrected chi connectivity index (χ1v) is 6.76. The number of ether oxygens (including phenoxy) is 1. The normalized spacial score (nSPS) is 28.1. The van der Waals surface area contributed by atoms with Gasteiger partial charge in [0.2, 0.25) is 0 Å². The summed E-state index contributed by atoms with van der Waals surface area (Å²) in [4.78, 5) is 12.4. The highest BCUT2D eigenvalue weighted by Crippen LogP contribution is 2.26. The Morgan fingerprint density at radius 1 is 1.50 bits per heavy atom. The van der Waals surface area contributed by atoms with E-state index >= 15 is 0 Å². The molecule has 20 heavy (non-hydrogen) atoms. The lowest BCUT2D eigenvalue weighted by molar-refractivity contribution is -0.130. The van der Waals surface area contributed by atoms with E-state index in [1.54, 1.807) is 13.2 Å². The quantitative estimate of drug-likeness (QED) is 0.770. The molecule has 0 saturated carbocycles. The van der Waals surface area contributed by atoms with Crippen molar-refractivity contribution in [2.75, 3.05) is 13.7 Å². The predicted octanol–water partition coefficient (Wildman–Crippen LogP) is 1.78. The van der Waals surface area contributed by atoms with E-state index in [0.717, 1.165) is 11.1 Å². The molecule has 1 aliphatic carbocycles. The minimum absolute atomic E-state index is 0.233. The number of hydrogen-bond acceptors (Lipinski definition) is 4. The molecule has 0 heterocycles. The molecular weight excluding hydrogens is 256 g/mol. The Balaban J connectivity index is 3.22. The van der Waals surface area contributed by atoms with Gasteiger partial charge in [0.15, 0.2) is 5.78 Å². The first-order valence-electron chi connectivity index (χ1n) is 6.76. The summed E-state index contributed by atoms with van der Waals surface area (Å²) in [6, 6.07) is 0. The lowest BCUT2D eigenvalue weighted by atomic mass is 9.85. The van der Waals surface area contributed by atoms with Gasteiger partial charge in [0.05, 0.1) is 12.7 Å². The van der Waals surface area contributed by atoms with Crippen LogP contribution in [0.5, 0.6) is 0 Å². The van der Waals surface area contributed by atoms with Crippen molar-refractivity contribution >= 4 is 5.78 Å². The standard InChI is InChI=1S/C16H24O4/c1-10(2)5-14-12(9-17)8-13(20-4)6-11(3)7-15(18)16(14)19/h6,8,13-15,17-18H,1,5,7,9H2,2-4H3/t13-,14-,15+/m1/s1. The number of allylic oxidation sites excluding steroid dienone is 1. The topological polar surface area (TPSA) is 66.8 Å². The zero-order chi connectivity index (χ0) is 15.3. The zero-order valence-corrected chi connectivity index (χ0v) is 12.4. The van der Waals surface area contributed by atoms with Crippen molar-refractivity contribution in [3.63, 3.8) is 0 Å². The van der Waals surface area contributed by atoms with E-state index in [4.69, 9.17) is 4.74 Å². The highest BCUT2D eigenvalue weighted by Gasteiger charge is 2.29. The van der Waals surface area contributed by atoms with Gasteiger partial charge in [0, 0.05) is 19.4 Å². The molecule has 1 aliphatic rings. The monoisotopic (exact) mass is 280 g/mol. The summed E-state index contributed by atoms with van der Waals surface area (Å²) in [5.41, 5.74) is 2.31. The van der Waals surface area contributed by atoms with Crippen molar-refractivity contribution in [2.45, 2.75) is 38.9 Å². The molecule has 0 aliphatic heterocycles. The smallest absolute Gasteiger partial charge is 0.169 e. The molecule has 0 fully saturated rings. The van der Waals surface area contributed by atoms with Crippen LogP contribution in [-0.4, -0.2) is 41.9 Å². The van der Waals surface area contributed by atoms with Crippen LogP contribution >= 0.6 is 0 Å². The van der Waals surface area contributed by atoms with Crippen LogP contribution in [0.25, 0.3) is 0 Å². The minimum atomic E-state index is -1.05. The first-order chi connectivity index (χ1) is 9.38. The average molecular weight is 280 g/mol. The van der Waals surface area contributed by atoms with E-state index in [1.165, 1.54) is 0 Å². The second kappa shape index (κ2) is 7.53. The summed E-state index contributed by atoms with van der Waals surface area (Å²) >= 11 is 0. The molecule has 4 heteroatoms. The maximum absolute atomic E-state index is 12.4. The molecular formula is C16H24O4. The molecule has 0 unspecified atom stereocenters. The Kier molecular flexibility index (Phi) is 6.33. The number of carbonyl (C=O) groups excluding carboxylic acids is 1. The van der Waals surface area contributed by atoms with Crippen LogP contribution in [0.2, 0.25) is 0 Å². The van der Waals surface area contributed by atoms with Crippen LogP contribution < -0.4 is 0 Å². The Labute approximate surface area is 120 Å². The average Bonchev–Trinajstić information content (AvgIpc) is 2.42. The van der Waals surface area contributed by atoms with Crippen molar-refractivity contribution in [3.05, 3.63) is 35.5 Å². The fourth-order valence-corrected chi connectivity index (χ4v) is 2.42. The van der Waals surface area contributed by atoms with Gasteiger partial charge in [-0.05, 0) is 31.9 Å². The van der Waals surface area contributed by atoms with Gasteiger partial charge in [-0.15, -0.1) is 6.58 Å². The number of aliphatic hydroxyl groups excluding tert-OH is 2. The highest BCUT2D eigenvalue weighted by molar-refractivity contribution is 5.88. The molecule has 3 atom stereocenters. The van der Waals surface area contributed by atoms with Crippen molar-refractivity contribution in [1.82, 2.24) is 0 Å². The van der Waals surface area contributed by atoms with Gasteiger partial charge in [0.1, 0.15) is 6.10 Å². The largest absolute Gasteiger partial charge is 0.392 e. The van der Waals surface area contributed by atoms with Gasteiger partial charge >= 0.3 is 0 Å². The molecule has 0 saturated heterocycles.